The smallest absolute Gasteiger partial charge is 0.255 e. The van der Waals surface area contributed by atoms with Gasteiger partial charge in [0.05, 0.1) is 11.6 Å². The third-order valence-corrected chi connectivity index (χ3v) is 5.03. The molecule has 1 amide bonds. The Morgan fingerprint density at radius 3 is 2.48 bits per heavy atom. The van der Waals surface area contributed by atoms with Crippen molar-refractivity contribution in [1.29, 1.82) is 0 Å². The van der Waals surface area contributed by atoms with Gasteiger partial charge in [-0.05, 0) is 81.3 Å². The van der Waals surface area contributed by atoms with Gasteiger partial charge in [-0.15, -0.1) is 0 Å². The first-order valence-electron chi connectivity index (χ1n) is 6.38. The summed E-state index contributed by atoms with van der Waals surface area (Å²) < 4.78 is 1.84. The number of nitrogens with zero attached hydrogens (tertiary/aromatic N) is 1. The van der Waals surface area contributed by atoms with Crippen molar-refractivity contribution in [3.05, 3.63) is 66.7 Å². The van der Waals surface area contributed by atoms with E-state index in [1.54, 1.807) is 4.90 Å². The number of carbonyl (C=O) groups excluding carboxylic acids is 1. The first kappa shape index (κ1) is 16.8. The van der Waals surface area contributed by atoms with Gasteiger partial charge in [0.1, 0.15) is 0 Å². The Bertz CT molecular complexity index is 660. The highest BCUT2D eigenvalue weighted by atomic mass is 127. The van der Waals surface area contributed by atoms with Crippen molar-refractivity contribution in [1.82, 2.24) is 4.90 Å². The molecule has 0 aliphatic rings. The lowest BCUT2D eigenvalue weighted by molar-refractivity contribution is 0.0741. The highest BCUT2D eigenvalue weighted by Crippen LogP contribution is 2.26. The van der Waals surface area contributed by atoms with Crippen LogP contribution in [0.4, 0.5) is 0 Å². The molecular weight excluding hydrogens is 464 g/mol. The van der Waals surface area contributed by atoms with E-state index in [2.05, 4.69) is 38.5 Å². The molecule has 1 atom stereocenters. The predicted molar refractivity (Wildman–Crippen MR) is 98.8 cm³/mol. The van der Waals surface area contributed by atoms with Gasteiger partial charge in [0.15, 0.2) is 0 Å². The first-order valence-corrected chi connectivity index (χ1v) is 8.63. The van der Waals surface area contributed by atoms with E-state index in [-0.39, 0.29) is 11.9 Å². The lowest BCUT2D eigenvalue weighted by Crippen LogP contribution is -2.30. The SMILES string of the molecule is CC(c1ccc(Cl)cc1)N(C)C(=O)c1cc(I)ccc1Br. The van der Waals surface area contributed by atoms with E-state index in [4.69, 9.17) is 11.6 Å². The molecule has 0 heterocycles. The van der Waals surface area contributed by atoms with Crippen LogP contribution in [0.3, 0.4) is 0 Å². The Labute approximate surface area is 151 Å². The topological polar surface area (TPSA) is 20.3 Å². The summed E-state index contributed by atoms with van der Waals surface area (Å²) in [5.41, 5.74) is 1.72. The average molecular weight is 479 g/mol. The third kappa shape index (κ3) is 3.99. The first-order chi connectivity index (χ1) is 9.90. The quantitative estimate of drug-likeness (QED) is 0.531. The standard InChI is InChI=1S/C16H14BrClINO/c1-10(11-3-5-12(18)6-4-11)20(2)16(21)14-9-13(19)7-8-15(14)17/h3-10H,1-2H3. The molecule has 0 spiro atoms. The van der Waals surface area contributed by atoms with Crippen LogP contribution in [0, 0.1) is 3.57 Å². The van der Waals surface area contributed by atoms with Gasteiger partial charge in [0.2, 0.25) is 0 Å². The average Bonchev–Trinajstić information content (AvgIpc) is 2.48. The van der Waals surface area contributed by atoms with Crippen LogP contribution in [0.25, 0.3) is 0 Å². The van der Waals surface area contributed by atoms with Crippen molar-refractivity contribution in [2.24, 2.45) is 0 Å². The molecule has 0 aliphatic carbocycles. The molecule has 2 nitrogen and oxygen atoms in total. The van der Waals surface area contributed by atoms with Crippen LogP contribution in [0.5, 0.6) is 0 Å². The van der Waals surface area contributed by atoms with Crippen LogP contribution >= 0.6 is 50.1 Å². The molecule has 2 aromatic rings. The summed E-state index contributed by atoms with van der Waals surface area (Å²) in [6.45, 7) is 2.00. The van der Waals surface area contributed by atoms with Gasteiger partial charge in [0.25, 0.3) is 5.91 Å². The summed E-state index contributed by atoms with van der Waals surface area (Å²) >= 11 is 11.6. The van der Waals surface area contributed by atoms with Gasteiger partial charge >= 0.3 is 0 Å². The number of hydrogen-bond acceptors (Lipinski definition) is 1. The lowest BCUT2D eigenvalue weighted by Gasteiger charge is -2.26. The monoisotopic (exact) mass is 477 g/mol. The molecule has 0 saturated carbocycles. The molecule has 0 radical (unpaired) electrons. The Balaban J connectivity index is 2.26. The van der Waals surface area contributed by atoms with Gasteiger partial charge in [0, 0.05) is 20.1 Å². The number of amides is 1. The number of rotatable bonds is 3. The summed E-state index contributed by atoms with van der Waals surface area (Å²) in [6.07, 6.45) is 0. The molecule has 0 fully saturated rings. The van der Waals surface area contributed by atoms with Crippen LogP contribution in [-0.4, -0.2) is 17.9 Å². The van der Waals surface area contributed by atoms with Gasteiger partial charge in [-0.3, -0.25) is 4.79 Å². The second-order valence-electron chi connectivity index (χ2n) is 4.77. The normalized spacial score (nSPS) is 12.0. The fourth-order valence-corrected chi connectivity index (χ4v) is 3.03. The van der Waals surface area contributed by atoms with Crippen molar-refractivity contribution in [2.45, 2.75) is 13.0 Å². The highest BCUT2D eigenvalue weighted by Gasteiger charge is 2.21. The summed E-state index contributed by atoms with van der Waals surface area (Å²) in [5.74, 6) is -0.0113. The molecule has 2 aromatic carbocycles. The minimum atomic E-state index is -0.0282. The molecule has 1 unspecified atom stereocenters. The van der Waals surface area contributed by atoms with Crippen LogP contribution < -0.4 is 0 Å². The van der Waals surface area contributed by atoms with E-state index < -0.39 is 0 Å². The van der Waals surface area contributed by atoms with E-state index in [1.165, 1.54) is 0 Å². The largest absolute Gasteiger partial charge is 0.335 e. The Hall–Kier alpha value is -0.590. The van der Waals surface area contributed by atoms with Crippen molar-refractivity contribution in [2.75, 3.05) is 7.05 Å². The minimum Gasteiger partial charge on any atom is -0.335 e. The van der Waals surface area contributed by atoms with Crippen LogP contribution in [-0.2, 0) is 0 Å². The maximum Gasteiger partial charge on any atom is 0.255 e. The van der Waals surface area contributed by atoms with Crippen LogP contribution in [0.15, 0.2) is 46.9 Å². The molecule has 0 bridgehead atoms. The van der Waals surface area contributed by atoms with Gasteiger partial charge < -0.3 is 4.90 Å². The third-order valence-electron chi connectivity index (χ3n) is 3.41. The second kappa shape index (κ2) is 7.11. The van der Waals surface area contributed by atoms with Crippen molar-refractivity contribution >= 4 is 56.0 Å². The zero-order valence-electron chi connectivity index (χ0n) is 11.6. The fraction of sp³-hybridized carbons (Fsp3) is 0.188. The lowest BCUT2D eigenvalue weighted by atomic mass is 10.1. The minimum absolute atomic E-state index is 0.0113. The van der Waals surface area contributed by atoms with Crippen molar-refractivity contribution in [3.63, 3.8) is 0 Å². The van der Waals surface area contributed by atoms with Crippen LogP contribution in [0.1, 0.15) is 28.9 Å². The van der Waals surface area contributed by atoms with Crippen molar-refractivity contribution < 1.29 is 4.79 Å². The molecule has 5 heteroatoms. The summed E-state index contributed by atoms with van der Waals surface area (Å²) in [7, 11) is 1.81. The van der Waals surface area contributed by atoms with Gasteiger partial charge in [-0.2, -0.15) is 0 Å². The zero-order valence-corrected chi connectivity index (χ0v) is 16.1. The van der Waals surface area contributed by atoms with E-state index in [0.717, 1.165) is 13.6 Å². The second-order valence-corrected chi connectivity index (χ2v) is 7.30. The molecule has 0 aliphatic heterocycles. The Kier molecular flexibility index (Phi) is 5.68. The van der Waals surface area contributed by atoms with Crippen LogP contribution in [0.2, 0.25) is 5.02 Å². The Morgan fingerprint density at radius 1 is 1.24 bits per heavy atom. The predicted octanol–water partition coefficient (Wildman–Crippen LogP) is 5.54. The number of benzene rings is 2. The van der Waals surface area contributed by atoms with E-state index in [9.17, 15) is 4.79 Å². The molecule has 110 valence electrons. The molecule has 0 aromatic heterocycles. The fourth-order valence-electron chi connectivity index (χ4n) is 1.99. The zero-order chi connectivity index (χ0) is 15.6. The molecule has 0 saturated heterocycles. The molecule has 21 heavy (non-hydrogen) atoms. The van der Waals surface area contributed by atoms with Gasteiger partial charge in [-0.25, -0.2) is 0 Å². The van der Waals surface area contributed by atoms with Gasteiger partial charge in [-0.1, -0.05) is 23.7 Å². The maximum atomic E-state index is 12.7. The summed E-state index contributed by atoms with van der Waals surface area (Å²) in [5, 5.41) is 0.695. The Morgan fingerprint density at radius 2 is 1.86 bits per heavy atom. The maximum absolute atomic E-state index is 12.7. The number of carbonyl (C=O) groups is 1. The van der Waals surface area contributed by atoms with E-state index in [1.807, 2.05) is 56.4 Å². The molecule has 2 rings (SSSR count). The molecule has 0 N–H and O–H groups in total. The molecular formula is C16H14BrClINO. The number of hydrogen-bond donors (Lipinski definition) is 0. The van der Waals surface area contributed by atoms with E-state index >= 15 is 0 Å². The number of halogens is 3. The summed E-state index contributed by atoms with van der Waals surface area (Å²) in [6, 6.07) is 13.3. The highest BCUT2D eigenvalue weighted by molar-refractivity contribution is 14.1. The van der Waals surface area contributed by atoms with E-state index in [0.29, 0.717) is 10.6 Å². The summed E-state index contributed by atoms with van der Waals surface area (Å²) in [4.78, 5) is 14.4. The van der Waals surface area contributed by atoms with Crippen molar-refractivity contribution in [3.8, 4) is 0 Å².